The first kappa shape index (κ1) is 59.9. The van der Waals surface area contributed by atoms with E-state index in [-0.39, 0.29) is 39.7 Å². The van der Waals surface area contributed by atoms with Crippen molar-refractivity contribution in [3.63, 3.8) is 0 Å². The van der Waals surface area contributed by atoms with E-state index in [1.165, 1.54) is 78.9 Å². The predicted molar refractivity (Wildman–Crippen MR) is 272 cm³/mol. The number of carboxylic acids is 1. The van der Waals surface area contributed by atoms with Crippen LogP contribution >= 0.6 is 0 Å². The number of carbonyl (C=O) groups excluding carboxylic acids is 3. The zero-order valence-corrected chi connectivity index (χ0v) is 42.4. The molecule has 3 saturated heterocycles. The fourth-order valence-electron chi connectivity index (χ4n) is 8.50. The maximum absolute atomic E-state index is 13.3. The number of hydrogen-bond donors (Lipinski definition) is 13. The van der Waals surface area contributed by atoms with Gasteiger partial charge in [0.2, 0.25) is 19.2 Å². The molecule has 1 aliphatic carbocycles. The minimum Gasteiger partial charge on any atom is -0.508 e. The standard InChI is InChI=1S/C54H54O28/c55-26-8-1-23(2-9-26)4-13-39(62)74-21-37-44(67)47(70)51(82-53-49(72)46(69)42(65)35(80-53)20-73-40(63)14-5-24-3-12-30(58)31(59)15-24)54(81-37)78-34-18-29-32(76-50(34)25-6-10-27(56)11-7-25)16-28(57)17-33(29)77-52-48(71)45(68)43(66)36(79-52)22-75-41(64)19-38(60)61/h1-18,35-37,42-49,51-56,58-59,65-72H,19-22H2,(H,60,61)/p+1/t35-,36-,37-,42-,43-,44-,45+,46+,47+,48-,49-,51-,52-,53+,54-/m1/s1. The summed E-state index contributed by atoms with van der Waals surface area (Å²) in [5.41, 5.74) is -0.0348. The largest absolute Gasteiger partial charge is 0.510 e. The molecule has 3 aromatic rings. The summed E-state index contributed by atoms with van der Waals surface area (Å²) in [5.74, 6) is -7.02. The Morgan fingerprint density at radius 1 is 0.549 bits per heavy atom. The molecule has 4 heterocycles. The summed E-state index contributed by atoms with van der Waals surface area (Å²) in [6, 6.07) is 17.8. The zero-order chi connectivity index (χ0) is 59.1. The number of aliphatic carboxylic acids is 1. The Morgan fingerprint density at radius 2 is 1.10 bits per heavy atom. The monoisotopic (exact) mass is 1150 g/mol. The van der Waals surface area contributed by atoms with E-state index in [1.54, 1.807) is 0 Å². The van der Waals surface area contributed by atoms with E-state index in [9.17, 15) is 85.3 Å². The summed E-state index contributed by atoms with van der Waals surface area (Å²) in [5, 5.41) is 137. The van der Waals surface area contributed by atoms with Gasteiger partial charge < -0.3 is 118 Å². The van der Waals surface area contributed by atoms with Crippen LogP contribution in [-0.4, -0.2) is 207 Å². The molecule has 4 aliphatic heterocycles. The van der Waals surface area contributed by atoms with Crippen molar-refractivity contribution in [1.82, 2.24) is 0 Å². The van der Waals surface area contributed by atoms with Crippen molar-refractivity contribution >= 4 is 36.0 Å². The van der Waals surface area contributed by atoms with Gasteiger partial charge in [0.05, 0.1) is 11.6 Å². The average Bonchev–Trinajstić information content (AvgIpc) is 3.64. The van der Waals surface area contributed by atoms with E-state index in [2.05, 4.69) is 0 Å². The Balaban J connectivity index is 1.12. The van der Waals surface area contributed by atoms with Crippen LogP contribution in [0.3, 0.4) is 0 Å². The summed E-state index contributed by atoms with van der Waals surface area (Å²) < 4.78 is 57.8. The first-order valence-electron chi connectivity index (χ1n) is 24.7. The number of phenols is 4. The van der Waals surface area contributed by atoms with Gasteiger partial charge in [-0.25, -0.2) is 4.79 Å². The van der Waals surface area contributed by atoms with Crippen LogP contribution in [0.1, 0.15) is 17.5 Å². The van der Waals surface area contributed by atoms with E-state index in [1.807, 2.05) is 0 Å². The normalized spacial score (nSPS) is 28.4. The molecule has 28 heteroatoms. The number of ether oxygens (including phenoxy) is 9. The molecule has 438 valence electrons. The lowest BCUT2D eigenvalue weighted by atomic mass is 9.97. The van der Waals surface area contributed by atoms with Crippen molar-refractivity contribution < 1.29 is 133 Å². The third-order valence-corrected chi connectivity index (χ3v) is 12.9. The van der Waals surface area contributed by atoms with Crippen molar-refractivity contribution in [2.24, 2.45) is 0 Å². The lowest BCUT2D eigenvalue weighted by Crippen LogP contribution is -2.65. The van der Waals surface area contributed by atoms with Gasteiger partial charge in [-0.3, -0.25) is 14.4 Å². The van der Waals surface area contributed by atoms with E-state index in [0.717, 1.165) is 30.4 Å². The Hall–Kier alpha value is -8.23. The molecule has 3 aromatic carbocycles. The minimum absolute atomic E-state index is 0.0234. The lowest BCUT2D eigenvalue weighted by molar-refractivity contribution is -0.357. The lowest BCUT2D eigenvalue weighted by Gasteiger charge is -2.45. The smallest absolute Gasteiger partial charge is 0.508 e. The van der Waals surface area contributed by atoms with Crippen molar-refractivity contribution in [1.29, 1.82) is 0 Å². The van der Waals surface area contributed by atoms with Crippen LogP contribution in [0.25, 0.3) is 34.8 Å². The van der Waals surface area contributed by atoms with Crippen LogP contribution < -0.4 is 14.9 Å². The highest BCUT2D eigenvalue weighted by atomic mass is 16.8. The molecule has 0 amide bonds. The maximum atomic E-state index is 13.3. The molecular formula is C54H55O28+. The Morgan fingerprint density at radius 3 is 1.74 bits per heavy atom. The van der Waals surface area contributed by atoms with Gasteiger partial charge >= 0.3 is 23.9 Å². The van der Waals surface area contributed by atoms with Crippen LogP contribution in [0.5, 0.6) is 34.5 Å². The Bertz CT molecular complexity index is 3140. The number of phenolic OH excluding ortho intramolecular Hbond substituents is 4. The van der Waals surface area contributed by atoms with Crippen LogP contribution in [0.15, 0.2) is 106 Å². The van der Waals surface area contributed by atoms with E-state index in [4.69, 9.17) is 52.2 Å². The molecule has 82 heavy (non-hydrogen) atoms. The van der Waals surface area contributed by atoms with E-state index < -0.39 is 171 Å². The number of benzene rings is 4. The Kier molecular flexibility index (Phi) is 19.1. The second-order valence-corrected chi connectivity index (χ2v) is 18.7. The third kappa shape index (κ3) is 14.4. The number of carboxylic acid groups (broad SMARTS) is 1. The summed E-state index contributed by atoms with van der Waals surface area (Å²) in [4.78, 5) is 59.7. The van der Waals surface area contributed by atoms with Crippen molar-refractivity contribution in [3.8, 4) is 57.1 Å². The molecule has 0 unspecified atom stereocenters. The van der Waals surface area contributed by atoms with E-state index >= 15 is 0 Å². The third-order valence-electron chi connectivity index (χ3n) is 12.9. The fourth-order valence-corrected chi connectivity index (χ4v) is 8.50. The van der Waals surface area contributed by atoms with Gasteiger partial charge in [0.15, 0.2) is 46.9 Å². The number of aromatic hydroxyl groups is 4. The SMILES string of the molecule is O=C(O)CC(=O)OC[C@H]1O[C@@H](Oc2cc(=O)cc3oc(-c4ccc(O)cc4)c(O[C@@H]4O[C@H](COC(=[OH+])C=Cc5ccc(O)cc5)[C@@H](O)[C@H](O)[C@H]4O[C@@H]4O[C@H](COC(=O)C=Cc5ccc(O)c(O)c5)[C@@H](O)[C@H](O)[C@H]4O)cc2-3)[C@H](O)[C@@H](O)[C@@H]1O. The van der Waals surface area contributed by atoms with Gasteiger partial charge in [-0.15, -0.1) is 0 Å². The summed E-state index contributed by atoms with van der Waals surface area (Å²) in [7, 11) is 0. The van der Waals surface area contributed by atoms with E-state index in [0.29, 0.717) is 5.56 Å². The summed E-state index contributed by atoms with van der Waals surface area (Å²) in [6.45, 7) is -2.37. The Labute approximate surface area is 461 Å². The van der Waals surface area contributed by atoms with Gasteiger partial charge in [-0.1, -0.05) is 18.2 Å². The molecule has 0 aromatic heterocycles. The van der Waals surface area contributed by atoms with Crippen molar-refractivity contribution in [2.75, 3.05) is 19.8 Å². The zero-order valence-electron chi connectivity index (χ0n) is 42.4. The van der Waals surface area contributed by atoms with Crippen LogP contribution in [-0.2, 0) is 47.5 Å². The molecular weight excluding hydrogens is 1100 g/mol. The number of carbonyl (C=O) groups is 3. The maximum Gasteiger partial charge on any atom is 0.510 e. The van der Waals surface area contributed by atoms with Gasteiger partial charge in [-0.2, -0.15) is 0 Å². The second kappa shape index (κ2) is 26.1. The molecule has 0 spiro atoms. The topological polar surface area (TPSA) is 449 Å². The number of aliphatic hydroxyl groups is 8. The second-order valence-electron chi connectivity index (χ2n) is 18.7. The van der Waals surface area contributed by atoms with Gasteiger partial charge in [0.1, 0.15) is 104 Å². The number of fused-ring (bicyclic) bond motifs is 1. The number of esters is 3. The van der Waals surface area contributed by atoms with Gasteiger partial charge in [-0.05, 0) is 77.9 Å². The molecule has 14 N–H and O–H groups in total. The number of rotatable bonds is 19. The minimum atomic E-state index is -2.15. The molecule has 5 aliphatic rings. The molecule has 28 nitrogen and oxygen atoms in total. The number of hydrogen-bond acceptors (Lipinski definition) is 26. The fraction of sp³-hybridized carbons (Fsp3) is 0.352. The number of aliphatic hydroxyl groups excluding tert-OH is 8. The molecule has 0 saturated carbocycles. The average molecular weight is 1150 g/mol. The van der Waals surface area contributed by atoms with Crippen LogP contribution in [0.2, 0.25) is 0 Å². The van der Waals surface area contributed by atoms with Crippen molar-refractivity contribution in [3.05, 3.63) is 118 Å². The van der Waals surface area contributed by atoms with Crippen LogP contribution in [0, 0.1) is 0 Å². The first-order valence-corrected chi connectivity index (χ1v) is 24.7. The van der Waals surface area contributed by atoms with Crippen LogP contribution in [0.4, 0.5) is 0 Å². The highest BCUT2D eigenvalue weighted by molar-refractivity contribution is 5.90. The summed E-state index contributed by atoms with van der Waals surface area (Å²) in [6.07, 6.45) is -25.9. The quantitative estimate of drug-likeness (QED) is 0.0117. The molecule has 3 fully saturated rings. The summed E-state index contributed by atoms with van der Waals surface area (Å²) >= 11 is 0. The molecule has 0 bridgehead atoms. The van der Waals surface area contributed by atoms with Gasteiger partial charge in [0.25, 0.3) is 0 Å². The van der Waals surface area contributed by atoms with Crippen molar-refractivity contribution in [2.45, 2.75) is 98.5 Å². The first-order chi connectivity index (χ1) is 39.0. The molecule has 8 rings (SSSR count). The highest BCUT2D eigenvalue weighted by Gasteiger charge is 2.53. The molecule has 15 atom stereocenters. The van der Waals surface area contributed by atoms with Gasteiger partial charge in [0, 0.05) is 23.8 Å². The predicted octanol–water partition coefficient (Wildman–Crippen LogP) is -1.05. The highest BCUT2D eigenvalue weighted by Crippen LogP contribution is 2.44. The molecule has 0 radical (unpaired) electrons.